The molecule has 0 spiro atoms. The lowest BCUT2D eigenvalue weighted by molar-refractivity contribution is 1.12. The first kappa shape index (κ1) is 8.67. The van der Waals surface area contributed by atoms with Crippen molar-refractivity contribution < 1.29 is 0 Å². The molecule has 0 N–H and O–H groups in total. The van der Waals surface area contributed by atoms with E-state index in [1.54, 1.807) is 11.8 Å². The first-order valence-corrected chi connectivity index (χ1v) is 3.98. The van der Waals surface area contributed by atoms with Gasteiger partial charge in [-0.1, -0.05) is 37.0 Å². The first-order valence-electron chi connectivity index (χ1n) is 2.29. The van der Waals surface area contributed by atoms with E-state index in [1.165, 1.54) is 5.54 Å². The normalized spacial score (nSPS) is 12.9. The first-order chi connectivity index (χ1) is 3.66. The van der Waals surface area contributed by atoms with Gasteiger partial charge in [0.1, 0.15) is 0 Å². The molecule has 0 aromatic rings. The second-order valence-corrected chi connectivity index (χ2v) is 4.05. The minimum absolute atomic E-state index is 0.512. The Bertz CT molecular complexity index is 88.4. The molecule has 0 radical (unpaired) electrons. The van der Waals surface area contributed by atoms with E-state index in [0.29, 0.717) is 9.61 Å². The van der Waals surface area contributed by atoms with Crippen LogP contribution in [0.4, 0.5) is 0 Å². The molecular formula is C5H8Cl2S. The summed E-state index contributed by atoms with van der Waals surface area (Å²) in [4.78, 5) is 0. The second-order valence-electron chi connectivity index (χ2n) is 1.58. The molecule has 0 unspecified atom stereocenters. The number of rotatable bonds is 2. The Balaban J connectivity index is 3.39. The highest BCUT2D eigenvalue weighted by Gasteiger charge is 1.95. The van der Waals surface area contributed by atoms with Crippen molar-refractivity contribution in [3.8, 4) is 0 Å². The summed E-state index contributed by atoms with van der Waals surface area (Å²) < 4.78 is 0.654. The van der Waals surface area contributed by atoms with E-state index in [9.17, 15) is 0 Å². The predicted octanol–water partition coefficient (Wildman–Crippen LogP) is 3.40. The van der Waals surface area contributed by atoms with E-state index in [0.717, 1.165) is 0 Å². The molecule has 0 aliphatic carbocycles. The van der Waals surface area contributed by atoms with Crippen molar-refractivity contribution in [2.24, 2.45) is 0 Å². The van der Waals surface area contributed by atoms with Crippen LogP contribution in [0.1, 0.15) is 13.8 Å². The summed E-state index contributed by atoms with van der Waals surface area (Å²) in [5, 5.41) is 0.512. The van der Waals surface area contributed by atoms with Crippen LogP contribution in [-0.4, -0.2) is 5.25 Å². The van der Waals surface area contributed by atoms with Gasteiger partial charge in [-0.25, -0.2) is 0 Å². The third-order valence-electron chi connectivity index (χ3n) is 0.434. The highest BCUT2D eigenvalue weighted by atomic mass is 35.5. The molecule has 0 bridgehead atoms. The highest BCUT2D eigenvalue weighted by molar-refractivity contribution is 8.05. The van der Waals surface area contributed by atoms with Crippen molar-refractivity contribution in [1.82, 2.24) is 0 Å². The van der Waals surface area contributed by atoms with Gasteiger partial charge in [-0.3, -0.25) is 0 Å². The summed E-state index contributed by atoms with van der Waals surface area (Å²) >= 11 is 12.4. The molecule has 0 aromatic heterocycles. The van der Waals surface area contributed by atoms with Gasteiger partial charge in [-0.2, -0.15) is 0 Å². The molecule has 0 amide bonds. The quantitative estimate of drug-likeness (QED) is 0.613. The van der Waals surface area contributed by atoms with Crippen LogP contribution in [0.5, 0.6) is 0 Å². The van der Waals surface area contributed by atoms with E-state index in [2.05, 4.69) is 13.8 Å². The third kappa shape index (κ3) is 4.82. The molecule has 0 atom stereocenters. The van der Waals surface area contributed by atoms with E-state index in [-0.39, 0.29) is 0 Å². The summed E-state index contributed by atoms with van der Waals surface area (Å²) in [5.74, 6) is 0. The predicted molar refractivity (Wildman–Crippen MR) is 42.5 cm³/mol. The number of thioether (sulfide) groups is 1. The fraction of sp³-hybridized carbons (Fsp3) is 0.600. The van der Waals surface area contributed by atoms with Crippen molar-refractivity contribution in [2.45, 2.75) is 19.1 Å². The zero-order valence-electron chi connectivity index (χ0n) is 4.82. The maximum absolute atomic E-state index is 5.55. The molecule has 0 aliphatic heterocycles. The average molecular weight is 171 g/mol. The van der Waals surface area contributed by atoms with Crippen LogP contribution in [0.3, 0.4) is 0 Å². The largest absolute Gasteiger partial charge is 0.110 e. The smallest absolute Gasteiger partial charge is 0.0850 e. The van der Waals surface area contributed by atoms with Crippen LogP contribution in [-0.2, 0) is 0 Å². The molecule has 0 heterocycles. The minimum atomic E-state index is 0.512. The average Bonchev–Trinajstić information content (AvgIpc) is 1.65. The van der Waals surface area contributed by atoms with E-state index >= 15 is 0 Å². The van der Waals surface area contributed by atoms with Crippen molar-refractivity contribution in [3.05, 3.63) is 9.90 Å². The molecule has 0 fully saturated rings. The zero-order chi connectivity index (χ0) is 6.57. The van der Waals surface area contributed by atoms with Gasteiger partial charge in [0.05, 0.1) is 4.36 Å². The molecule has 0 saturated carbocycles. The molecule has 48 valence electrons. The molecule has 0 rings (SSSR count). The maximum Gasteiger partial charge on any atom is 0.0850 e. The van der Waals surface area contributed by atoms with Gasteiger partial charge in [0.15, 0.2) is 0 Å². The molecule has 0 nitrogen and oxygen atoms in total. The fourth-order valence-corrected chi connectivity index (χ4v) is 1.44. The fourth-order valence-electron chi connectivity index (χ4n) is 0.251. The van der Waals surface area contributed by atoms with E-state index in [4.69, 9.17) is 23.2 Å². The summed E-state index contributed by atoms with van der Waals surface area (Å²) in [6.45, 7) is 4.13. The van der Waals surface area contributed by atoms with Crippen LogP contribution in [0.2, 0.25) is 0 Å². The Hall–Kier alpha value is 0.670. The molecule has 8 heavy (non-hydrogen) atoms. The highest BCUT2D eigenvalue weighted by Crippen LogP contribution is 2.24. The molecule has 0 saturated heterocycles. The van der Waals surface area contributed by atoms with Gasteiger partial charge >= 0.3 is 0 Å². The third-order valence-corrected chi connectivity index (χ3v) is 2.08. The van der Waals surface area contributed by atoms with Gasteiger partial charge in [-0.15, -0.1) is 11.8 Å². The van der Waals surface area contributed by atoms with E-state index < -0.39 is 0 Å². The molecule has 3 heteroatoms. The Labute approximate surface area is 64.2 Å². The molecular weight excluding hydrogens is 163 g/mol. The number of hydrogen-bond donors (Lipinski definition) is 0. The SMILES string of the molecule is CC(C)S/C(Cl)=C\Cl. The lowest BCUT2D eigenvalue weighted by Gasteiger charge is -1.98. The van der Waals surface area contributed by atoms with Gasteiger partial charge in [0, 0.05) is 10.8 Å². The van der Waals surface area contributed by atoms with Crippen molar-refractivity contribution in [2.75, 3.05) is 0 Å². The Morgan fingerprint density at radius 2 is 2.12 bits per heavy atom. The number of hydrogen-bond acceptors (Lipinski definition) is 1. The summed E-state index contributed by atoms with van der Waals surface area (Å²) in [6.07, 6.45) is 0. The Morgan fingerprint density at radius 3 is 2.25 bits per heavy atom. The lowest BCUT2D eigenvalue weighted by atomic mass is 10.6. The number of halogens is 2. The van der Waals surface area contributed by atoms with Crippen molar-refractivity contribution >= 4 is 35.0 Å². The Kier molecular flexibility index (Phi) is 4.92. The van der Waals surface area contributed by atoms with Crippen LogP contribution in [0.15, 0.2) is 9.90 Å². The summed E-state index contributed by atoms with van der Waals surface area (Å²) in [5.41, 5.74) is 1.38. The van der Waals surface area contributed by atoms with Gasteiger partial charge in [0.25, 0.3) is 0 Å². The van der Waals surface area contributed by atoms with Gasteiger partial charge in [-0.05, 0) is 0 Å². The standard InChI is InChI=1S/C5H8Cl2S/c1-4(2)8-5(7)3-6/h3-4H,1-2H3/b5-3-. The monoisotopic (exact) mass is 170 g/mol. The van der Waals surface area contributed by atoms with Crippen LogP contribution >= 0.6 is 35.0 Å². The summed E-state index contributed by atoms with van der Waals surface area (Å²) in [7, 11) is 0. The molecule has 0 aromatic carbocycles. The van der Waals surface area contributed by atoms with Gasteiger partial charge in [0.2, 0.25) is 0 Å². The Morgan fingerprint density at radius 1 is 1.62 bits per heavy atom. The molecule has 0 aliphatic rings. The van der Waals surface area contributed by atoms with Crippen molar-refractivity contribution in [1.29, 1.82) is 0 Å². The van der Waals surface area contributed by atoms with Crippen LogP contribution in [0, 0.1) is 0 Å². The summed E-state index contributed by atoms with van der Waals surface area (Å²) in [6, 6.07) is 0. The van der Waals surface area contributed by atoms with Gasteiger partial charge < -0.3 is 0 Å². The second kappa shape index (κ2) is 4.54. The van der Waals surface area contributed by atoms with E-state index in [1.807, 2.05) is 0 Å². The topological polar surface area (TPSA) is 0 Å². The minimum Gasteiger partial charge on any atom is -0.110 e. The van der Waals surface area contributed by atoms with Crippen LogP contribution in [0.25, 0.3) is 0 Å². The van der Waals surface area contributed by atoms with Crippen molar-refractivity contribution in [3.63, 3.8) is 0 Å². The maximum atomic E-state index is 5.55. The lowest BCUT2D eigenvalue weighted by Crippen LogP contribution is -1.82. The van der Waals surface area contributed by atoms with Crippen LogP contribution < -0.4 is 0 Å². The zero-order valence-corrected chi connectivity index (χ0v) is 7.15.